The van der Waals surface area contributed by atoms with Crippen molar-refractivity contribution in [1.82, 2.24) is 10.6 Å². The zero-order valence-corrected chi connectivity index (χ0v) is 23.2. The molecule has 0 aromatic heterocycles. The normalized spacial score (nSPS) is 23.3. The van der Waals surface area contributed by atoms with Gasteiger partial charge in [0, 0.05) is 32.6 Å². The molecule has 0 heterocycles. The second-order valence-corrected chi connectivity index (χ2v) is 11.4. The first kappa shape index (κ1) is 29.8. The summed E-state index contributed by atoms with van der Waals surface area (Å²) in [4.78, 5) is 11.4. The Balaban J connectivity index is 0.00000400. The first-order valence-corrected chi connectivity index (χ1v) is 13.3. The van der Waals surface area contributed by atoms with Crippen LogP contribution in [-0.4, -0.2) is 37.6 Å². The molecule has 3 rings (SSSR count). The van der Waals surface area contributed by atoms with Crippen LogP contribution in [0.2, 0.25) is 0 Å². The molecule has 2 aromatic rings. The van der Waals surface area contributed by atoms with Crippen molar-refractivity contribution in [3.05, 3.63) is 71.7 Å². The summed E-state index contributed by atoms with van der Waals surface area (Å²) in [6.07, 6.45) is 1.95. The third-order valence-electron chi connectivity index (χ3n) is 7.88. The number of benzene rings is 2. The van der Waals surface area contributed by atoms with E-state index in [-0.39, 0.29) is 45.2 Å². The lowest BCUT2D eigenvalue weighted by molar-refractivity contribution is -0.146. The second kappa shape index (κ2) is 12.4. The summed E-state index contributed by atoms with van der Waals surface area (Å²) < 4.78 is 47.9. The average Bonchev–Trinajstić information content (AvgIpc) is 3.15. The van der Waals surface area contributed by atoms with Crippen LogP contribution in [0.25, 0.3) is 11.1 Å². The highest BCUT2D eigenvalue weighted by molar-refractivity contribution is 5.70. The predicted octanol–water partition coefficient (Wildman–Crippen LogP) is 7.17. The lowest BCUT2D eigenvalue weighted by atomic mass is 9.79. The average molecular weight is 535 g/mol. The van der Waals surface area contributed by atoms with Gasteiger partial charge in [-0.1, -0.05) is 68.5 Å². The number of nitrogens with one attached hydrogen (secondary N) is 2. The molecule has 38 heavy (non-hydrogen) atoms. The Kier molecular flexibility index (Phi) is 9.69. The Labute approximate surface area is 228 Å². The molecule has 2 N–H and O–H groups in total. The molecule has 7 heteroatoms. The van der Waals surface area contributed by atoms with Crippen molar-refractivity contribution in [2.24, 2.45) is 17.3 Å². The van der Waals surface area contributed by atoms with E-state index in [4.69, 9.17) is 4.74 Å². The molecular weight excluding hydrogens is 489 g/mol. The van der Waals surface area contributed by atoms with Crippen LogP contribution in [0.5, 0.6) is 0 Å². The molecule has 1 aliphatic rings. The maximum atomic E-state index is 16.0. The molecule has 2 aromatic carbocycles. The van der Waals surface area contributed by atoms with Gasteiger partial charge in [-0.15, -0.1) is 0 Å². The summed E-state index contributed by atoms with van der Waals surface area (Å²) in [5.41, 5.74) is 2.03. The maximum Gasteiger partial charge on any atom is 0.338 e. The van der Waals surface area contributed by atoms with Gasteiger partial charge in [0.25, 0.3) is 0 Å². The van der Waals surface area contributed by atoms with E-state index >= 15 is 4.39 Å². The standard InChI is InChI=1S/C31H41F3N2O2.2H2/c1-7-31(6)16-26(21(3)35-18-30(4,5)34)25(29(31)36-19-38-27(37)17-32)15-23-12-9-13-24(28(23)33)22-11-8-10-20(2)14-22;;/h8-14,25-26,29,35-36H,3,7,15-19H2,1-2,4-6H3;2*1H/t25-,26?,29-,31?;;/m1../s1. The number of halogens is 3. The summed E-state index contributed by atoms with van der Waals surface area (Å²) in [5.74, 6) is -1.42. The summed E-state index contributed by atoms with van der Waals surface area (Å²) in [6.45, 7) is 12.2. The number of carbonyl (C=O) groups excluding carboxylic acids is 1. The molecule has 1 saturated carbocycles. The van der Waals surface area contributed by atoms with Crippen molar-refractivity contribution >= 4 is 5.97 Å². The number of rotatable bonds is 12. The van der Waals surface area contributed by atoms with E-state index in [1.807, 2.05) is 37.3 Å². The van der Waals surface area contributed by atoms with Crippen LogP contribution in [-0.2, 0) is 16.0 Å². The predicted molar refractivity (Wildman–Crippen MR) is 151 cm³/mol. The van der Waals surface area contributed by atoms with E-state index in [2.05, 4.69) is 31.1 Å². The largest absolute Gasteiger partial charge is 0.448 e. The summed E-state index contributed by atoms with van der Waals surface area (Å²) >= 11 is 0. The van der Waals surface area contributed by atoms with Gasteiger partial charge in [0.2, 0.25) is 0 Å². The fourth-order valence-electron chi connectivity index (χ4n) is 5.67. The molecule has 0 radical (unpaired) electrons. The van der Waals surface area contributed by atoms with Gasteiger partial charge < -0.3 is 10.1 Å². The minimum absolute atomic E-state index is 0. The van der Waals surface area contributed by atoms with Crippen molar-refractivity contribution in [3.63, 3.8) is 0 Å². The Morgan fingerprint density at radius 1 is 1.26 bits per heavy atom. The number of esters is 1. The SMILES string of the molecule is C=C(NCC(C)(C)F)C1CC(C)(CC)[C@H](NCOC(=O)CF)[C@@H]1Cc1cccc(-c2cccc(C)c2)c1F.[HH].[HH]. The van der Waals surface area contributed by atoms with Crippen molar-refractivity contribution < 1.29 is 25.6 Å². The van der Waals surface area contributed by atoms with Crippen molar-refractivity contribution in [1.29, 1.82) is 0 Å². The van der Waals surface area contributed by atoms with E-state index in [0.29, 0.717) is 23.2 Å². The topological polar surface area (TPSA) is 50.4 Å². The van der Waals surface area contributed by atoms with E-state index in [1.54, 1.807) is 12.1 Å². The lowest BCUT2D eigenvalue weighted by Gasteiger charge is -2.34. The third-order valence-corrected chi connectivity index (χ3v) is 7.88. The molecule has 4 nitrogen and oxygen atoms in total. The van der Waals surface area contributed by atoms with Crippen LogP contribution in [0.1, 0.15) is 54.5 Å². The van der Waals surface area contributed by atoms with Crippen LogP contribution in [0.3, 0.4) is 0 Å². The molecule has 1 fully saturated rings. The van der Waals surface area contributed by atoms with Gasteiger partial charge in [0.15, 0.2) is 6.67 Å². The molecule has 0 aliphatic heterocycles. The van der Waals surface area contributed by atoms with Crippen LogP contribution in [0, 0.1) is 30.0 Å². The second-order valence-electron chi connectivity index (χ2n) is 11.4. The van der Waals surface area contributed by atoms with Gasteiger partial charge in [-0.05, 0) is 62.5 Å². The van der Waals surface area contributed by atoms with Crippen LogP contribution in [0.4, 0.5) is 13.2 Å². The molecule has 0 saturated heterocycles. The Morgan fingerprint density at radius 2 is 1.97 bits per heavy atom. The maximum absolute atomic E-state index is 16.0. The van der Waals surface area contributed by atoms with Gasteiger partial charge in [0.1, 0.15) is 18.2 Å². The molecule has 0 bridgehead atoms. The first-order valence-electron chi connectivity index (χ1n) is 13.3. The van der Waals surface area contributed by atoms with E-state index in [0.717, 1.165) is 24.0 Å². The zero-order valence-electron chi connectivity index (χ0n) is 23.2. The Morgan fingerprint density at radius 3 is 2.61 bits per heavy atom. The van der Waals surface area contributed by atoms with Crippen LogP contribution in [0.15, 0.2) is 54.7 Å². The Hall–Kier alpha value is -2.80. The molecule has 212 valence electrons. The molecule has 1 aliphatic carbocycles. The van der Waals surface area contributed by atoms with Gasteiger partial charge in [-0.3, -0.25) is 5.32 Å². The highest BCUT2D eigenvalue weighted by Gasteiger charge is 2.50. The first-order chi connectivity index (χ1) is 17.9. The minimum atomic E-state index is -1.42. The number of hydrogen-bond acceptors (Lipinski definition) is 4. The molecule has 2 unspecified atom stereocenters. The van der Waals surface area contributed by atoms with Crippen LogP contribution < -0.4 is 10.6 Å². The highest BCUT2D eigenvalue weighted by Crippen LogP contribution is 2.51. The summed E-state index contributed by atoms with van der Waals surface area (Å²) in [5, 5.41) is 6.49. The number of alkyl halides is 2. The summed E-state index contributed by atoms with van der Waals surface area (Å²) in [7, 11) is 0. The van der Waals surface area contributed by atoms with Crippen LogP contribution >= 0.6 is 0 Å². The molecule has 0 amide bonds. The van der Waals surface area contributed by atoms with Gasteiger partial charge in [-0.25, -0.2) is 18.0 Å². The molecular formula is C31H45F3N2O2. The Bertz CT molecular complexity index is 1140. The fourth-order valence-corrected chi connectivity index (χ4v) is 5.67. The highest BCUT2D eigenvalue weighted by atomic mass is 19.1. The molecule has 4 atom stereocenters. The fraction of sp³-hybridized carbons (Fsp3) is 0.516. The third kappa shape index (κ3) is 7.19. The van der Waals surface area contributed by atoms with Crippen molar-refractivity contribution in [2.45, 2.75) is 65.6 Å². The summed E-state index contributed by atoms with van der Waals surface area (Å²) in [6, 6.07) is 13.0. The van der Waals surface area contributed by atoms with Crippen molar-refractivity contribution in [2.75, 3.05) is 20.0 Å². The number of carbonyl (C=O) groups is 1. The number of ether oxygens (including phenoxy) is 1. The van der Waals surface area contributed by atoms with Gasteiger partial charge >= 0.3 is 5.97 Å². The van der Waals surface area contributed by atoms with Gasteiger partial charge in [-0.2, -0.15) is 0 Å². The smallest absolute Gasteiger partial charge is 0.338 e. The van der Waals surface area contributed by atoms with E-state index in [1.165, 1.54) is 13.8 Å². The van der Waals surface area contributed by atoms with Crippen molar-refractivity contribution in [3.8, 4) is 11.1 Å². The lowest BCUT2D eigenvalue weighted by Crippen LogP contribution is -2.46. The number of allylic oxidation sites excluding steroid dienone is 1. The monoisotopic (exact) mass is 534 g/mol. The number of hydrogen-bond donors (Lipinski definition) is 2. The molecule has 0 spiro atoms. The quantitative estimate of drug-likeness (QED) is 0.224. The minimum Gasteiger partial charge on any atom is -0.448 e. The van der Waals surface area contributed by atoms with E-state index < -0.39 is 18.3 Å². The zero-order chi connectivity index (χ0) is 28.1. The number of aryl methyl sites for hydroxylation is 1. The van der Waals surface area contributed by atoms with E-state index in [9.17, 15) is 13.6 Å². The van der Waals surface area contributed by atoms with Gasteiger partial charge in [0.05, 0.1) is 0 Å².